The topological polar surface area (TPSA) is 119 Å². The summed E-state index contributed by atoms with van der Waals surface area (Å²) in [4.78, 5) is 42.6. The van der Waals surface area contributed by atoms with Crippen molar-refractivity contribution in [2.75, 3.05) is 13.2 Å². The fraction of sp³-hybridized carbons (Fsp3) is 0.538. The molecule has 0 aromatic heterocycles. The molecule has 0 bridgehead atoms. The van der Waals surface area contributed by atoms with Crippen LogP contribution in [0.15, 0.2) is 97.2 Å². The van der Waals surface area contributed by atoms with Gasteiger partial charge in [0.1, 0.15) is 6.61 Å². The van der Waals surface area contributed by atoms with E-state index in [2.05, 4.69) is 79.1 Å². The lowest BCUT2D eigenvalue weighted by Gasteiger charge is -2.18. The van der Waals surface area contributed by atoms with E-state index >= 15 is 0 Å². The van der Waals surface area contributed by atoms with Crippen molar-refractivity contribution in [3.63, 3.8) is 0 Å². The monoisotopic (exact) mass is 688 g/mol. The molecule has 0 fully saturated rings. The van der Waals surface area contributed by atoms with E-state index in [1.54, 1.807) is 0 Å². The smallest absolute Gasteiger partial charge is 0.462 e. The summed E-state index contributed by atoms with van der Waals surface area (Å²) >= 11 is 0. The second-order valence-corrected chi connectivity index (χ2v) is 12.4. The molecule has 0 aliphatic carbocycles. The Bertz CT molecular complexity index is 1090. The number of hydrogen-bond donors (Lipinski definition) is 2. The van der Waals surface area contributed by atoms with Gasteiger partial charge in [0.25, 0.3) is 0 Å². The zero-order valence-corrected chi connectivity index (χ0v) is 30.2. The first-order chi connectivity index (χ1) is 23.3. The van der Waals surface area contributed by atoms with Gasteiger partial charge in [-0.05, 0) is 70.6 Å². The molecule has 0 rings (SSSR count). The van der Waals surface area contributed by atoms with Gasteiger partial charge in [-0.3, -0.25) is 14.1 Å². The molecule has 0 unspecified atom stereocenters. The van der Waals surface area contributed by atoms with Crippen molar-refractivity contribution in [1.82, 2.24) is 0 Å². The predicted octanol–water partition coefficient (Wildman–Crippen LogP) is 10.3. The quantitative estimate of drug-likeness (QED) is 0.0252. The van der Waals surface area contributed by atoms with Gasteiger partial charge in [0, 0.05) is 12.8 Å². The maximum atomic E-state index is 12.3. The summed E-state index contributed by atoms with van der Waals surface area (Å²) in [5.41, 5.74) is 0. The standard InChI is InChI=1S/C39H61O8P/c1-3-5-7-9-11-13-15-17-19-21-23-25-27-29-31-33-38(40)45-35-37(36-46-48(42,43)44)47-39(41)34-32-30-28-26-24-22-20-18-16-14-12-10-8-6-4-2/h5-9,11-15,17-20,24,26,37H,3-4,10,16,21-23,25,27-36H2,1-2H3,(H2,42,43,44)/b7-5+,8-6+,11-9+,14-12+,15-13+,19-17+,20-18+,26-24+/t37-/m1/s1. The van der Waals surface area contributed by atoms with E-state index in [-0.39, 0.29) is 19.4 Å². The van der Waals surface area contributed by atoms with Gasteiger partial charge < -0.3 is 19.3 Å². The van der Waals surface area contributed by atoms with Gasteiger partial charge in [-0.15, -0.1) is 0 Å². The highest BCUT2D eigenvalue weighted by Crippen LogP contribution is 2.35. The number of carbonyl (C=O) groups excluding carboxylic acids is 2. The fourth-order valence-electron chi connectivity index (χ4n) is 4.14. The summed E-state index contributed by atoms with van der Waals surface area (Å²) < 4.78 is 26.2. The van der Waals surface area contributed by atoms with Gasteiger partial charge in [0.05, 0.1) is 6.61 Å². The van der Waals surface area contributed by atoms with Crippen LogP contribution >= 0.6 is 7.82 Å². The number of carbonyl (C=O) groups is 2. The average Bonchev–Trinajstić information content (AvgIpc) is 3.05. The van der Waals surface area contributed by atoms with Crippen LogP contribution < -0.4 is 0 Å². The highest BCUT2D eigenvalue weighted by atomic mass is 31.2. The number of esters is 2. The van der Waals surface area contributed by atoms with Gasteiger partial charge >= 0.3 is 19.8 Å². The summed E-state index contributed by atoms with van der Waals surface area (Å²) in [5, 5.41) is 0. The molecule has 0 saturated carbocycles. The maximum Gasteiger partial charge on any atom is 0.469 e. The normalized spacial score (nSPS) is 13.7. The van der Waals surface area contributed by atoms with Crippen LogP contribution in [-0.2, 0) is 28.2 Å². The van der Waals surface area contributed by atoms with Crippen molar-refractivity contribution in [2.24, 2.45) is 0 Å². The number of unbranched alkanes of at least 4 members (excludes halogenated alkanes) is 7. The molecule has 1 atom stereocenters. The minimum atomic E-state index is -4.77. The van der Waals surface area contributed by atoms with Crippen LogP contribution in [-0.4, -0.2) is 41.0 Å². The number of allylic oxidation sites excluding steroid dienone is 16. The highest BCUT2D eigenvalue weighted by molar-refractivity contribution is 7.46. The number of rotatable bonds is 30. The lowest BCUT2D eigenvalue weighted by Crippen LogP contribution is -2.29. The van der Waals surface area contributed by atoms with Crippen LogP contribution in [0.25, 0.3) is 0 Å². The molecule has 0 saturated heterocycles. The van der Waals surface area contributed by atoms with Crippen LogP contribution in [0.2, 0.25) is 0 Å². The average molecular weight is 689 g/mol. The number of phosphoric ester groups is 1. The molecule has 270 valence electrons. The van der Waals surface area contributed by atoms with Crippen molar-refractivity contribution in [2.45, 2.75) is 123 Å². The third kappa shape index (κ3) is 35.8. The van der Waals surface area contributed by atoms with Crippen LogP contribution in [0.5, 0.6) is 0 Å². The molecule has 0 spiro atoms. The van der Waals surface area contributed by atoms with Gasteiger partial charge in [-0.25, -0.2) is 4.57 Å². The Hall–Kier alpha value is -3.03. The molecule has 0 aliphatic heterocycles. The second kappa shape index (κ2) is 33.9. The van der Waals surface area contributed by atoms with E-state index in [0.29, 0.717) is 12.8 Å². The Balaban J connectivity index is 4.15. The van der Waals surface area contributed by atoms with E-state index in [4.69, 9.17) is 19.3 Å². The molecule has 0 aliphatic rings. The molecule has 0 amide bonds. The molecular weight excluding hydrogens is 627 g/mol. The minimum absolute atomic E-state index is 0.147. The van der Waals surface area contributed by atoms with Crippen molar-refractivity contribution in [3.8, 4) is 0 Å². The van der Waals surface area contributed by atoms with E-state index in [9.17, 15) is 14.2 Å². The number of ether oxygens (including phenoxy) is 2. The molecule has 2 N–H and O–H groups in total. The van der Waals surface area contributed by atoms with Gasteiger partial charge in [-0.2, -0.15) is 0 Å². The first-order valence-corrected chi connectivity index (χ1v) is 19.1. The molecular formula is C39H61O8P. The zero-order chi connectivity index (χ0) is 35.4. The first-order valence-electron chi connectivity index (χ1n) is 17.6. The van der Waals surface area contributed by atoms with Crippen molar-refractivity contribution in [1.29, 1.82) is 0 Å². The summed E-state index contributed by atoms with van der Waals surface area (Å²) in [6.07, 6.45) is 45.6. The number of phosphoric acid groups is 1. The highest BCUT2D eigenvalue weighted by Gasteiger charge is 2.22. The zero-order valence-electron chi connectivity index (χ0n) is 29.3. The Kier molecular flexibility index (Phi) is 31.7. The Morgan fingerprint density at radius 2 is 1.04 bits per heavy atom. The molecule has 0 heterocycles. The van der Waals surface area contributed by atoms with Crippen molar-refractivity contribution >= 4 is 19.8 Å². The summed E-state index contributed by atoms with van der Waals surface area (Å²) in [5.74, 6) is -0.975. The van der Waals surface area contributed by atoms with Gasteiger partial charge in [0.2, 0.25) is 0 Å². The minimum Gasteiger partial charge on any atom is -0.462 e. The first kappa shape index (κ1) is 45.0. The third-order valence-electron chi connectivity index (χ3n) is 6.69. The Labute approximate surface area is 290 Å². The van der Waals surface area contributed by atoms with Crippen LogP contribution in [0.1, 0.15) is 117 Å². The molecule has 9 heteroatoms. The van der Waals surface area contributed by atoms with Crippen LogP contribution in [0, 0.1) is 0 Å². The van der Waals surface area contributed by atoms with E-state index in [1.807, 2.05) is 36.5 Å². The largest absolute Gasteiger partial charge is 0.469 e. The lowest BCUT2D eigenvalue weighted by molar-refractivity contribution is -0.161. The fourth-order valence-corrected chi connectivity index (χ4v) is 4.50. The van der Waals surface area contributed by atoms with E-state index in [1.165, 1.54) is 0 Å². The predicted molar refractivity (Wildman–Crippen MR) is 197 cm³/mol. The Morgan fingerprint density at radius 3 is 1.69 bits per heavy atom. The Morgan fingerprint density at radius 1 is 0.562 bits per heavy atom. The van der Waals surface area contributed by atoms with Crippen LogP contribution in [0.4, 0.5) is 0 Å². The molecule has 0 radical (unpaired) electrons. The molecule has 0 aromatic carbocycles. The van der Waals surface area contributed by atoms with Crippen molar-refractivity contribution in [3.05, 3.63) is 97.2 Å². The summed E-state index contributed by atoms with van der Waals surface area (Å²) in [6, 6.07) is 0. The maximum absolute atomic E-state index is 12.3. The SMILES string of the molecule is CC/C=C/C=C/C=C/C=C/CCCCCCCC(=O)OC[C@H](COP(=O)(O)O)OC(=O)CCCC/C=C/C/C=C/C/C=C/C/C=C/CC. The molecule has 8 nitrogen and oxygen atoms in total. The van der Waals surface area contributed by atoms with Gasteiger partial charge in [0.15, 0.2) is 6.10 Å². The van der Waals surface area contributed by atoms with Crippen LogP contribution in [0.3, 0.4) is 0 Å². The lowest BCUT2D eigenvalue weighted by atomic mass is 10.1. The second-order valence-electron chi connectivity index (χ2n) is 11.2. The summed E-state index contributed by atoms with van der Waals surface area (Å²) in [6.45, 7) is 3.34. The molecule has 0 aromatic rings. The summed E-state index contributed by atoms with van der Waals surface area (Å²) in [7, 11) is -4.77. The van der Waals surface area contributed by atoms with Gasteiger partial charge in [-0.1, -0.05) is 130 Å². The molecule has 48 heavy (non-hydrogen) atoms. The van der Waals surface area contributed by atoms with Crippen molar-refractivity contribution < 1.29 is 37.9 Å². The third-order valence-corrected chi connectivity index (χ3v) is 7.18. The number of hydrogen-bond acceptors (Lipinski definition) is 6. The van der Waals surface area contributed by atoms with E-state index < -0.39 is 32.5 Å². The van der Waals surface area contributed by atoms with E-state index in [0.717, 1.165) is 77.0 Å².